The fourth-order valence-corrected chi connectivity index (χ4v) is 3.67. The maximum Gasteiger partial charge on any atom is 0.337 e. The van der Waals surface area contributed by atoms with E-state index < -0.39 is 11.5 Å². The summed E-state index contributed by atoms with van der Waals surface area (Å²) >= 11 is 1.39. The Morgan fingerprint density at radius 3 is 2.85 bits per heavy atom. The van der Waals surface area contributed by atoms with Gasteiger partial charge in [0.15, 0.2) is 5.13 Å². The van der Waals surface area contributed by atoms with Crippen LogP contribution >= 0.6 is 11.3 Å². The minimum Gasteiger partial charge on any atom is -0.497 e. The predicted octanol–water partition coefficient (Wildman–Crippen LogP) is 3.97. The van der Waals surface area contributed by atoms with Crippen LogP contribution in [0.15, 0.2) is 51.7 Å². The molecule has 4 rings (SSSR count). The topological polar surface area (TPSA) is 81.4 Å². The van der Waals surface area contributed by atoms with Crippen molar-refractivity contribution in [3.8, 4) is 5.75 Å². The smallest absolute Gasteiger partial charge is 0.337 e. The summed E-state index contributed by atoms with van der Waals surface area (Å²) in [6, 6.07) is 12.1. The van der Waals surface area contributed by atoms with Gasteiger partial charge in [-0.2, -0.15) is 0 Å². The standard InChI is InChI=1S/C19H14N2O4S/c1-10-3-6-14-16(7-10)26-19(20-14)21-18(23)13-9-17(22)25-15-8-11(24-2)4-5-12(13)15/h3-9H,1-2H3,(H,20,21,23). The molecule has 0 saturated heterocycles. The summed E-state index contributed by atoms with van der Waals surface area (Å²) in [6.07, 6.45) is 0. The number of carbonyl (C=O) groups excluding carboxylic acids is 1. The van der Waals surface area contributed by atoms with E-state index in [0.717, 1.165) is 15.8 Å². The number of carbonyl (C=O) groups is 1. The third-order valence-corrected chi connectivity index (χ3v) is 4.89. The molecule has 0 aliphatic rings. The van der Waals surface area contributed by atoms with Crippen LogP contribution in [0.1, 0.15) is 15.9 Å². The van der Waals surface area contributed by atoms with E-state index in [2.05, 4.69) is 10.3 Å². The first kappa shape index (κ1) is 16.3. The molecule has 0 fully saturated rings. The number of aromatic nitrogens is 1. The zero-order chi connectivity index (χ0) is 18.3. The van der Waals surface area contributed by atoms with E-state index in [1.54, 1.807) is 18.2 Å². The van der Waals surface area contributed by atoms with Crippen molar-refractivity contribution in [1.29, 1.82) is 0 Å². The average Bonchev–Trinajstić information content (AvgIpc) is 3.01. The number of thiazole rings is 1. The Hall–Kier alpha value is -3.19. The van der Waals surface area contributed by atoms with Crippen molar-refractivity contribution in [2.24, 2.45) is 0 Å². The molecule has 130 valence electrons. The monoisotopic (exact) mass is 366 g/mol. The van der Waals surface area contributed by atoms with E-state index in [-0.39, 0.29) is 5.56 Å². The molecule has 0 radical (unpaired) electrons. The van der Waals surface area contributed by atoms with Crippen LogP contribution in [0.2, 0.25) is 0 Å². The van der Waals surface area contributed by atoms with Gasteiger partial charge in [-0.3, -0.25) is 10.1 Å². The second kappa shape index (κ2) is 6.27. The van der Waals surface area contributed by atoms with Gasteiger partial charge in [0, 0.05) is 17.5 Å². The Labute approximate surface area is 152 Å². The number of rotatable bonds is 3. The molecule has 4 aromatic rings. The summed E-state index contributed by atoms with van der Waals surface area (Å²) in [4.78, 5) is 29.0. The fourth-order valence-electron chi connectivity index (χ4n) is 2.71. The number of hydrogen-bond donors (Lipinski definition) is 1. The maximum atomic E-state index is 12.7. The number of benzene rings is 2. The van der Waals surface area contributed by atoms with Crippen LogP contribution in [0.25, 0.3) is 21.2 Å². The molecule has 1 N–H and O–H groups in total. The zero-order valence-electron chi connectivity index (χ0n) is 14.0. The molecule has 2 aromatic carbocycles. The third-order valence-electron chi connectivity index (χ3n) is 3.96. The Morgan fingerprint density at radius 2 is 2.04 bits per heavy atom. The van der Waals surface area contributed by atoms with Crippen LogP contribution in [0.4, 0.5) is 5.13 Å². The van der Waals surface area contributed by atoms with Gasteiger partial charge in [0.2, 0.25) is 0 Å². The number of aryl methyl sites for hydroxylation is 1. The summed E-state index contributed by atoms with van der Waals surface area (Å²) in [5, 5.41) is 3.78. The van der Waals surface area contributed by atoms with Gasteiger partial charge in [-0.25, -0.2) is 9.78 Å². The van der Waals surface area contributed by atoms with Crippen molar-refractivity contribution in [2.45, 2.75) is 6.92 Å². The SMILES string of the molecule is COc1ccc2c(C(=O)Nc3nc4ccc(C)cc4s3)cc(=O)oc2c1. The molecular formula is C19H14N2O4S. The number of hydrogen-bond acceptors (Lipinski definition) is 6. The van der Waals surface area contributed by atoms with Crippen molar-refractivity contribution in [1.82, 2.24) is 4.98 Å². The van der Waals surface area contributed by atoms with E-state index in [4.69, 9.17) is 9.15 Å². The van der Waals surface area contributed by atoms with Gasteiger partial charge in [-0.05, 0) is 36.8 Å². The van der Waals surface area contributed by atoms with Crippen LogP contribution in [0.3, 0.4) is 0 Å². The first-order valence-electron chi connectivity index (χ1n) is 7.84. The second-order valence-electron chi connectivity index (χ2n) is 5.79. The lowest BCUT2D eigenvalue weighted by Gasteiger charge is -2.06. The highest BCUT2D eigenvalue weighted by atomic mass is 32.1. The number of amides is 1. The Morgan fingerprint density at radius 1 is 1.19 bits per heavy atom. The highest BCUT2D eigenvalue weighted by Gasteiger charge is 2.16. The molecule has 0 saturated carbocycles. The lowest BCUT2D eigenvalue weighted by atomic mass is 10.1. The molecule has 0 unspecified atom stereocenters. The minimum atomic E-state index is -0.601. The predicted molar refractivity (Wildman–Crippen MR) is 101 cm³/mol. The van der Waals surface area contributed by atoms with E-state index >= 15 is 0 Å². The van der Waals surface area contributed by atoms with Crippen LogP contribution in [0, 0.1) is 6.92 Å². The molecule has 0 aliphatic heterocycles. The lowest BCUT2D eigenvalue weighted by Crippen LogP contribution is -2.15. The minimum absolute atomic E-state index is 0.231. The fraction of sp³-hybridized carbons (Fsp3) is 0.105. The number of methoxy groups -OCH3 is 1. The highest BCUT2D eigenvalue weighted by Crippen LogP contribution is 2.28. The number of nitrogens with zero attached hydrogens (tertiary/aromatic N) is 1. The molecule has 26 heavy (non-hydrogen) atoms. The van der Waals surface area contributed by atoms with Crippen molar-refractivity contribution in [3.63, 3.8) is 0 Å². The number of ether oxygens (including phenoxy) is 1. The van der Waals surface area contributed by atoms with Gasteiger partial charge in [0.25, 0.3) is 5.91 Å². The van der Waals surface area contributed by atoms with Crippen molar-refractivity contribution in [3.05, 3.63) is 64.0 Å². The van der Waals surface area contributed by atoms with Crippen molar-refractivity contribution < 1.29 is 13.9 Å². The summed E-state index contributed by atoms with van der Waals surface area (Å²) < 4.78 is 11.3. The van der Waals surface area contributed by atoms with E-state index in [1.165, 1.54) is 24.5 Å². The molecule has 0 bridgehead atoms. The number of nitrogens with one attached hydrogen (secondary N) is 1. The molecule has 6 nitrogen and oxygen atoms in total. The Kier molecular flexibility index (Phi) is 3.93. The molecule has 0 aliphatic carbocycles. The van der Waals surface area contributed by atoms with E-state index in [1.807, 2.05) is 25.1 Å². The molecule has 2 aromatic heterocycles. The van der Waals surface area contributed by atoms with Crippen LogP contribution in [-0.4, -0.2) is 18.0 Å². The van der Waals surface area contributed by atoms with E-state index in [9.17, 15) is 9.59 Å². The first-order chi connectivity index (χ1) is 12.5. The molecular weight excluding hydrogens is 352 g/mol. The third kappa shape index (κ3) is 2.93. The van der Waals surface area contributed by atoms with E-state index in [0.29, 0.717) is 21.9 Å². The van der Waals surface area contributed by atoms with Gasteiger partial charge in [0.05, 0.1) is 22.9 Å². The largest absolute Gasteiger partial charge is 0.497 e. The van der Waals surface area contributed by atoms with Crippen molar-refractivity contribution in [2.75, 3.05) is 12.4 Å². The highest BCUT2D eigenvalue weighted by molar-refractivity contribution is 7.22. The van der Waals surface area contributed by atoms with Gasteiger partial charge < -0.3 is 9.15 Å². The summed E-state index contributed by atoms with van der Waals surface area (Å²) in [5.41, 5.74) is 1.87. The molecule has 7 heteroatoms. The zero-order valence-corrected chi connectivity index (χ0v) is 14.8. The second-order valence-corrected chi connectivity index (χ2v) is 6.82. The lowest BCUT2D eigenvalue weighted by molar-refractivity contribution is 0.102. The van der Waals surface area contributed by atoms with Crippen LogP contribution < -0.4 is 15.7 Å². The molecule has 2 heterocycles. The average molecular weight is 366 g/mol. The Bertz CT molecular complexity index is 1210. The van der Waals surface area contributed by atoms with Gasteiger partial charge >= 0.3 is 5.63 Å². The number of fused-ring (bicyclic) bond motifs is 2. The van der Waals surface area contributed by atoms with Crippen LogP contribution in [-0.2, 0) is 0 Å². The Balaban J connectivity index is 1.74. The van der Waals surface area contributed by atoms with Gasteiger partial charge in [-0.1, -0.05) is 17.4 Å². The van der Waals surface area contributed by atoms with Crippen LogP contribution in [0.5, 0.6) is 5.75 Å². The summed E-state index contributed by atoms with van der Waals surface area (Å²) in [6.45, 7) is 2.00. The first-order valence-corrected chi connectivity index (χ1v) is 8.65. The summed E-state index contributed by atoms with van der Waals surface area (Å²) in [7, 11) is 1.52. The van der Waals surface area contributed by atoms with Gasteiger partial charge in [0.1, 0.15) is 11.3 Å². The van der Waals surface area contributed by atoms with Crippen molar-refractivity contribution >= 4 is 43.6 Å². The molecule has 0 spiro atoms. The summed E-state index contributed by atoms with van der Waals surface area (Å²) in [5.74, 6) is 0.128. The molecule has 1 amide bonds. The molecule has 0 atom stereocenters. The normalized spacial score (nSPS) is 11.0. The van der Waals surface area contributed by atoms with Gasteiger partial charge in [-0.15, -0.1) is 0 Å². The quantitative estimate of drug-likeness (QED) is 0.555. The number of anilines is 1. The maximum absolute atomic E-state index is 12.7.